The monoisotopic (exact) mass is 673 g/mol. The van der Waals surface area contributed by atoms with Crippen LogP contribution in [0.5, 0.6) is 11.5 Å². The summed E-state index contributed by atoms with van der Waals surface area (Å²) in [7, 11) is 6.83. The van der Waals surface area contributed by atoms with Crippen molar-refractivity contribution in [2.24, 2.45) is 0 Å². The third kappa shape index (κ3) is 7.17. The lowest BCUT2D eigenvalue weighted by molar-refractivity contribution is 0.245. The van der Waals surface area contributed by atoms with Crippen LogP contribution in [0.4, 0.5) is 10.3 Å². The Morgan fingerprint density at radius 3 is 2.49 bits per heavy atom. The zero-order valence-electron chi connectivity index (χ0n) is 27.5. The highest BCUT2D eigenvalue weighted by Gasteiger charge is 2.33. The highest BCUT2D eigenvalue weighted by molar-refractivity contribution is 7.65. The van der Waals surface area contributed by atoms with E-state index in [9.17, 15) is 4.39 Å². The predicted octanol–water partition coefficient (Wildman–Crippen LogP) is 6.78. The molecule has 6 rings (SSSR count). The zero-order chi connectivity index (χ0) is 33.1. The summed E-state index contributed by atoms with van der Waals surface area (Å²) in [5, 5.41) is 2.65. The van der Waals surface area contributed by atoms with Crippen molar-refractivity contribution in [3.05, 3.63) is 94.7 Å². The standard InChI is InChI=1S/C37H42ClFN5O2P/c1-25(30-12-8-10-26-9-6-7-11-31(26)30)33(38)20-32-34(21-39)40-37(44-23-28(24-44)42(2)3)41-36(32)47-17-15-43(16-18-47)22-27-13-14-29(45-4)19-35(27)46-5/h6-14,19-20,28H,1,15-18,21-24H2,2-5H3/b33-20+. The lowest BCUT2D eigenvalue weighted by atomic mass is 9.98. The molecule has 0 N–H and O–H groups in total. The van der Waals surface area contributed by atoms with Gasteiger partial charge in [0.05, 0.1) is 25.3 Å². The Morgan fingerprint density at radius 1 is 1.04 bits per heavy atom. The fraction of sp³-hybridized carbons (Fsp3) is 0.351. The van der Waals surface area contributed by atoms with Crippen LogP contribution in [0.25, 0.3) is 22.4 Å². The van der Waals surface area contributed by atoms with Crippen LogP contribution in [0.2, 0.25) is 0 Å². The van der Waals surface area contributed by atoms with Crippen LogP contribution in [0.3, 0.4) is 0 Å². The summed E-state index contributed by atoms with van der Waals surface area (Å²) in [5.41, 5.74) is 4.78. The van der Waals surface area contributed by atoms with E-state index in [-0.39, 0.29) is 0 Å². The van der Waals surface area contributed by atoms with E-state index >= 15 is 0 Å². The molecule has 7 nitrogen and oxygen atoms in total. The number of benzene rings is 3. The third-order valence-electron chi connectivity index (χ3n) is 9.23. The van der Waals surface area contributed by atoms with Gasteiger partial charge in [-0.15, -0.1) is 0 Å². The second-order valence-electron chi connectivity index (χ2n) is 12.3. The van der Waals surface area contributed by atoms with Gasteiger partial charge in [0.1, 0.15) is 18.2 Å². The molecule has 2 fully saturated rings. The number of hydrogen-bond acceptors (Lipinski definition) is 7. The number of likely N-dealkylation sites (N-methyl/N-ethyl adjacent to an activating group) is 1. The number of nitrogens with zero attached hydrogens (tertiary/aromatic N) is 5. The first-order valence-corrected chi connectivity index (χ1v) is 18.0. The molecule has 0 aliphatic carbocycles. The minimum atomic E-state index is -0.698. The fourth-order valence-corrected chi connectivity index (χ4v) is 8.91. The van der Waals surface area contributed by atoms with Crippen LogP contribution >= 0.6 is 19.5 Å². The number of aromatic nitrogens is 2. The topological polar surface area (TPSA) is 54.0 Å². The minimum absolute atomic E-state index is 0.384. The summed E-state index contributed by atoms with van der Waals surface area (Å²) in [6, 6.07) is 20.7. The van der Waals surface area contributed by atoms with Crippen LogP contribution in [-0.4, -0.2) is 92.6 Å². The van der Waals surface area contributed by atoms with Gasteiger partial charge in [0, 0.05) is 61.0 Å². The van der Waals surface area contributed by atoms with Crippen LogP contribution in [0, 0.1) is 0 Å². The molecule has 2 saturated heterocycles. The van der Waals surface area contributed by atoms with Crippen molar-refractivity contribution in [3.8, 4) is 11.5 Å². The quantitative estimate of drug-likeness (QED) is 0.129. The Hall–Kier alpha value is -3.55. The highest BCUT2D eigenvalue weighted by Crippen LogP contribution is 2.41. The zero-order valence-corrected chi connectivity index (χ0v) is 29.2. The van der Waals surface area contributed by atoms with Crippen molar-refractivity contribution in [1.29, 1.82) is 0 Å². The first kappa shape index (κ1) is 33.4. The normalized spacial score (nSPS) is 16.5. The molecule has 1 aromatic heterocycles. The average Bonchev–Trinajstić information content (AvgIpc) is 3.07. The summed E-state index contributed by atoms with van der Waals surface area (Å²) in [4.78, 5) is 16.8. The maximum absolute atomic E-state index is 14.9. The molecule has 3 aromatic carbocycles. The van der Waals surface area contributed by atoms with Gasteiger partial charge < -0.3 is 19.3 Å². The summed E-state index contributed by atoms with van der Waals surface area (Å²) >= 11 is 7.04. The molecular formula is C37H42ClFN5O2P. The Balaban J connectivity index is 1.30. The third-order valence-corrected chi connectivity index (χ3v) is 12.0. The molecule has 3 heterocycles. The molecule has 246 valence electrons. The Morgan fingerprint density at radius 2 is 1.79 bits per heavy atom. The van der Waals surface area contributed by atoms with Gasteiger partial charge in [0.2, 0.25) is 5.95 Å². The van der Waals surface area contributed by atoms with Crippen LogP contribution in [0.1, 0.15) is 22.4 Å². The highest BCUT2D eigenvalue weighted by atomic mass is 35.5. The second-order valence-corrected chi connectivity index (χ2v) is 15.1. The first-order chi connectivity index (χ1) is 22.8. The SMILES string of the molecule is C=C(/C(Cl)=C\c1c(CF)nc(N2CC(N(C)C)C2)nc1P1CCN(Cc2ccc(OC)cc2OC)CC1)c1cccc2ccccc12. The van der Waals surface area contributed by atoms with Crippen molar-refractivity contribution in [2.45, 2.75) is 19.3 Å². The largest absolute Gasteiger partial charge is 0.497 e. The molecular weight excluding hydrogens is 632 g/mol. The predicted molar refractivity (Wildman–Crippen MR) is 194 cm³/mol. The molecule has 0 bridgehead atoms. The number of fused-ring (bicyclic) bond motifs is 1. The van der Waals surface area contributed by atoms with E-state index in [4.69, 9.17) is 31.0 Å². The van der Waals surface area contributed by atoms with Crippen molar-refractivity contribution in [1.82, 2.24) is 19.8 Å². The maximum Gasteiger partial charge on any atom is 0.226 e. The van der Waals surface area contributed by atoms with E-state index in [2.05, 4.69) is 59.6 Å². The average molecular weight is 674 g/mol. The van der Waals surface area contributed by atoms with Gasteiger partial charge in [0.15, 0.2) is 0 Å². The van der Waals surface area contributed by atoms with Crippen molar-refractivity contribution in [2.75, 3.05) is 71.7 Å². The van der Waals surface area contributed by atoms with E-state index in [1.807, 2.05) is 42.5 Å². The number of rotatable bonds is 11. The molecule has 2 aliphatic rings. The van der Waals surface area contributed by atoms with Gasteiger partial charge >= 0.3 is 0 Å². The van der Waals surface area contributed by atoms with E-state index in [1.54, 1.807) is 14.2 Å². The van der Waals surface area contributed by atoms with Gasteiger partial charge in [-0.1, -0.05) is 74.6 Å². The van der Waals surface area contributed by atoms with Gasteiger partial charge in [-0.2, -0.15) is 0 Å². The van der Waals surface area contributed by atoms with Gasteiger partial charge in [-0.3, -0.25) is 4.90 Å². The van der Waals surface area contributed by atoms with Crippen LogP contribution in [-0.2, 0) is 13.2 Å². The lowest BCUT2D eigenvalue weighted by Crippen LogP contribution is -2.58. The molecule has 0 amide bonds. The summed E-state index contributed by atoms with van der Waals surface area (Å²) in [6.07, 6.45) is 3.74. The molecule has 0 radical (unpaired) electrons. The molecule has 0 spiro atoms. The fourth-order valence-electron chi connectivity index (χ4n) is 6.24. The molecule has 0 atom stereocenters. The number of methoxy groups -OCH3 is 2. The van der Waals surface area contributed by atoms with E-state index in [0.717, 1.165) is 83.9 Å². The van der Waals surface area contributed by atoms with Gasteiger partial charge in [-0.05, 0) is 60.5 Å². The number of allylic oxidation sites excluding steroid dienone is 2. The van der Waals surface area contributed by atoms with Crippen molar-refractivity contribution in [3.63, 3.8) is 0 Å². The van der Waals surface area contributed by atoms with E-state index < -0.39 is 14.6 Å². The summed E-state index contributed by atoms with van der Waals surface area (Å²) in [6.45, 7) is 7.90. The van der Waals surface area contributed by atoms with Crippen LogP contribution in [0.15, 0.2) is 72.3 Å². The van der Waals surface area contributed by atoms with Gasteiger partial charge in [-0.25, -0.2) is 14.4 Å². The lowest BCUT2D eigenvalue weighted by Gasteiger charge is -2.43. The van der Waals surface area contributed by atoms with E-state index in [1.165, 1.54) is 0 Å². The number of ether oxygens (including phenoxy) is 2. The molecule has 4 aromatic rings. The maximum atomic E-state index is 14.9. The van der Waals surface area contributed by atoms with Crippen LogP contribution < -0.4 is 19.8 Å². The molecule has 10 heteroatoms. The van der Waals surface area contributed by atoms with Crippen molar-refractivity contribution >= 4 is 53.3 Å². The number of anilines is 1. The Bertz CT molecular complexity index is 1780. The smallest absolute Gasteiger partial charge is 0.226 e. The Labute approximate surface area is 283 Å². The number of alkyl halides is 1. The number of halogens is 2. The second kappa shape index (κ2) is 14.7. The molecule has 47 heavy (non-hydrogen) atoms. The first-order valence-electron chi connectivity index (χ1n) is 15.9. The van der Waals surface area contributed by atoms with Crippen molar-refractivity contribution < 1.29 is 13.9 Å². The molecule has 0 unspecified atom stereocenters. The summed E-state index contributed by atoms with van der Waals surface area (Å²) in [5.74, 6) is 2.21. The Kier molecular flexibility index (Phi) is 10.4. The van der Waals surface area contributed by atoms with E-state index in [0.29, 0.717) is 33.9 Å². The minimum Gasteiger partial charge on any atom is -0.497 e. The van der Waals surface area contributed by atoms with Gasteiger partial charge in [0.25, 0.3) is 0 Å². The molecule has 2 aliphatic heterocycles. The molecule has 0 saturated carbocycles. The summed E-state index contributed by atoms with van der Waals surface area (Å²) < 4.78 is 25.9. The number of hydrogen-bond donors (Lipinski definition) is 0.